The molecule has 1 amide bonds. The fraction of sp³-hybridized carbons (Fsp3) is 0.0435. The van der Waals surface area contributed by atoms with Crippen molar-refractivity contribution < 1.29 is 9.53 Å². The molecule has 0 spiro atoms. The van der Waals surface area contributed by atoms with Gasteiger partial charge in [-0.1, -0.05) is 42.5 Å². The van der Waals surface area contributed by atoms with Crippen LogP contribution in [0.5, 0.6) is 5.75 Å². The number of nitrogens with one attached hydrogen (secondary N) is 3. The summed E-state index contributed by atoms with van der Waals surface area (Å²) in [5.74, 6) is 0.469. The van der Waals surface area contributed by atoms with E-state index in [0.29, 0.717) is 23.3 Å². The number of aromatic nitrogens is 2. The van der Waals surface area contributed by atoms with Gasteiger partial charge in [-0.05, 0) is 47.5 Å². The Hall–Kier alpha value is -4.06. The zero-order valence-corrected chi connectivity index (χ0v) is 15.5. The molecule has 29 heavy (non-hydrogen) atoms. The van der Waals surface area contributed by atoms with Crippen molar-refractivity contribution in [3.63, 3.8) is 0 Å². The molecular formula is C23H19N3O3. The van der Waals surface area contributed by atoms with Crippen LogP contribution >= 0.6 is 0 Å². The number of benzene rings is 3. The topological polar surface area (TPSA) is 87.0 Å². The molecule has 0 radical (unpaired) electrons. The normalized spacial score (nSPS) is 11.0. The Morgan fingerprint density at radius 2 is 1.76 bits per heavy atom. The zero-order valence-electron chi connectivity index (χ0n) is 15.5. The van der Waals surface area contributed by atoms with Crippen LogP contribution < -0.4 is 15.7 Å². The van der Waals surface area contributed by atoms with Gasteiger partial charge in [-0.15, -0.1) is 0 Å². The molecule has 1 heterocycles. The van der Waals surface area contributed by atoms with E-state index >= 15 is 0 Å². The summed E-state index contributed by atoms with van der Waals surface area (Å²) in [4.78, 5) is 28.9. The number of anilines is 1. The van der Waals surface area contributed by atoms with Gasteiger partial charge in [0.15, 0.2) is 0 Å². The third kappa shape index (κ3) is 4.81. The maximum Gasteiger partial charge on any atom is 0.323 e. The predicted octanol–water partition coefficient (Wildman–Crippen LogP) is 4.09. The lowest BCUT2D eigenvalue weighted by Gasteiger charge is -2.07. The summed E-state index contributed by atoms with van der Waals surface area (Å²) in [6, 6.07) is 22.6. The predicted molar refractivity (Wildman–Crippen MR) is 114 cm³/mol. The van der Waals surface area contributed by atoms with Crippen LogP contribution in [0.4, 0.5) is 5.69 Å². The average Bonchev–Trinajstić information content (AvgIpc) is 3.11. The molecule has 0 saturated carbocycles. The molecule has 0 fully saturated rings. The summed E-state index contributed by atoms with van der Waals surface area (Å²) in [7, 11) is 0. The van der Waals surface area contributed by atoms with Gasteiger partial charge in [0.1, 0.15) is 12.4 Å². The molecular weight excluding hydrogens is 366 g/mol. The Morgan fingerprint density at radius 1 is 0.931 bits per heavy atom. The summed E-state index contributed by atoms with van der Waals surface area (Å²) in [5, 5.41) is 2.78. The van der Waals surface area contributed by atoms with Gasteiger partial charge in [-0.2, -0.15) is 0 Å². The number of rotatable bonds is 6. The van der Waals surface area contributed by atoms with Crippen molar-refractivity contribution in [3.05, 3.63) is 100 Å². The third-order valence-electron chi connectivity index (χ3n) is 4.32. The molecule has 0 unspecified atom stereocenters. The summed E-state index contributed by atoms with van der Waals surface area (Å²) < 4.78 is 5.81. The van der Waals surface area contributed by atoms with Crippen LogP contribution in [0.25, 0.3) is 17.1 Å². The third-order valence-corrected chi connectivity index (χ3v) is 4.32. The second-order valence-electron chi connectivity index (χ2n) is 6.51. The quantitative estimate of drug-likeness (QED) is 0.437. The largest absolute Gasteiger partial charge is 0.489 e. The minimum atomic E-state index is -0.280. The van der Waals surface area contributed by atoms with Crippen LogP contribution in [0.15, 0.2) is 83.7 Å². The van der Waals surface area contributed by atoms with E-state index in [9.17, 15) is 9.59 Å². The first-order valence-corrected chi connectivity index (χ1v) is 9.14. The lowest BCUT2D eigenvalue weighted by molar-refractivity contribution is -0.111. The number of H-pyrrole nitrogens is 2. The molecule has 0 aliphatic rings. The van der Waals surface area contributed by atoms with E-state index in [1.165, 1.54) is 6.08 Å². The lowest BCUT2D eigenvalue weighted by Crippen LogP contribution is -2.07. The molecule has 4 rings (SSSR count). The van der Waals surface area contributed by atoms with Crippen molar-refractivity contribution in [2.45, 2.75) is 6.61 Å². The molecule has 6 heteroatoms. The molecule has 3 aromatic carbocycles. The van der Waals surface area contributed by atoms with Crippen molar-refractivity contribution in [1.29, 1.82) is 0 Å². The number of hydrogen-bond acceptors (Lipinski definition) is 3. The van der Waals surface area contributed by atoms with Gasteiger partial charge in [0.2, 0.25) is 5.91 Å². The van der Waals surface area contributed by atoms with E-state index in [4.69, 9.17) is 4.74 Å². The van der Waals surface area contributed by atoms with Crippen LogP contribution in [-0.2, 0) is 11.4 Å². The maximum absolute atomic E-state index is 12.2. The molecule has 0 aliphatic carbocycles. The van der Waals surface area contributed by atoms with Gasteiger partial charge in [0.05, 0.1) is 11.0 Å². The number of ether oxygens (including phenoxy) is 1. The SMILES string of the molecule is O=C(/C=C/c1cccc(OCc2ccccc2)c1)Nc1ccc2[nH]c(=O)[nH]c2c1. The minimum Gasteiger partial charge on any atom is -0.489 e. The highest BCUT2D eigenvalue weighted by Gasteiger charge is 2.03. The summed E-state index contributed by atoms with van der Waals surface area (Å²) in [5.41, 5.74) is 3.60. The number of carbonyl (C=O) groups excluding carboxylic acids is 1. The van der Waals surface area contributed by atoms with Crippen molar-refractivity contribution >= 4 is 28.7 Å². The van der Waals surface area contributed by atoms with Gasteiger partial charge in [-0.3, -0.25) is 4.79 Å². The maximum atomic E-state index is 12.2. The van der Waals surface area contributed by atoms with Gasteiger partial charge in [0, 0.05) is 11.8 Å². The average molecular weight is 385 g/mol. The number of fused-ring (bicyclic) bond motifs is 1. The summed E-state index contributed by atoms with van der Waals surface area (Å²) >= 11 is 0. The molecule has 0 aliphatic heterocycles. The van der Waals surface area contributed by atoms with E-state index in [0.717, 1.165) is 16.9 Å². The van der Waals surface area contributed by atoms with Crippen LogP contribution in [0.2, 0.25) is 0 Å². The number of carbonyl (C=O) groups is 1. The first kappa shape index (κ1) is 18.3. The fourth-order valence-electron chi connectivity index (χ4n) is 2.92. The van der Waals surface area contributed by atoms with Gasteiger partial charge < -0.3 is 20.0 Å². The standard InChI is InChI=1S/C23H19N3O3/c27-22(24-18-10-11-20-21(14-18)26-23(28)25-20)12-9-16-7-4-8-19(13-16)29-15-17-5-2-1-3-6-17/h1-14H,15H2,(H,24,27)(H2,25,26,28)/b12-9+. The molecule has 1 aromatic heterocycles. The molecule has 6 nitrogen and oxygen atoms in total. The molecule has 3 N–H and O–H groups in total. The molecule has 4 aromatic rings. The lowest BCUT2D eigenvalue weighted by atomic mass is 10.2. The Kier molecular flexibility index (Phi) is 5.25. The summed E-state index contributed by atoms with van der Waals surface area (Å²) in [6.07, 6.45) is 3.18. The van der Waals surface area contributed by atoms with Crippen molar-refractivity contribution in [3.8, 4) is 5.75 Å². The fourth-order valence-corrected chi connectivity index (χ4v) is 2.92. The number of hydrogen-bond donors (Lipinski definition) is 3. The van der Waals surface area contributed by atoms with Crippen molar-refractivity contribution in [2.24, 2.45) is 0 Å². The number of imidazole rings is 1. The second-order valence-corrected chi connectivity index (χ2v) is 6.51. The first-order valence-electron chi connectivity index (χ1n) is 9.14. The van der Waals surface area contributed by atoms with Gasteiger partial charge >= 0.3 is 5.69 Å². The van der Waals surface area contributed by atoms with Gasteiger partial charge in [-0.25, -0.2) is 4.79 Å². The molecule has 0 bridgehead atoms. The summed E-state index contributed by atoms with van der Waals surface area (Å²) in [6.45, 7) is 0.484. The number of aromatic amines is 2. The Balaban J connectivity index is 1.38. The van der Waals surface area contributed by atoms with E-state index in [1.54, 1.807) is 24.3 Å². The Bertz CT molecular complexity index is 1220. The van der Waals surface area contributed by atoms with Crippen LogP contribution in [-0.4, -0.2) is 15.9 Å². The minimum absolute atomic E-state index is 0.266. The highest BCUT2D eigenvalue weighted by atomic mass is 16.5. The highest BCUT2D eigenvalue weighted by molar-refractivity contribution is 6.02. The highest BCUT2D eigenvalue weighted by Crippen LogP contribution is 2.17. The monoisotopic (exact) mass is 385 g/mol. The zero-order chi connectivity index (χ0) is 20.1. The van der Waals surface area contributed by atoms with Crippen LogP contribution in [0, 0.1) is 0 Å². The second kappa shape index (κ2) is 8.31. The molecule has 144 valence electrons. The molecule has 0 saturated heterocycles. The van der Waals surface area contributed by atoms with Crippen LogP contribution in [0.3, 0.4) is 0 Å². The smallest absolute Gasteiger partial charge is 0.323 e. The van der Waals surface area contributed by atoms with E-state index in [-0.39, 0.29) is 11.6 Å². The van der Waals surface area contributed by atoms with Crippen molar-refractivity contribution in [2.75, 3.05) is 5.32 Å². The van der Waals surface area contributed by atoms with Crippen molar-refractivity contribution in [1.82, 2.24) is 9.97 Å². The van der Waals surface area contributed by atoms with E-state index < -0.39 is 0 Å². The Morgan fingerprint density at radius 3 is 2.62 bits per heavy atom. The van der Waals surface area contributed by atoms with E-state index in [2.05, 4.69) is 15.3 Å². The Labute approximate surface area is 166 Å². The van der Waals surface area contributed by atoms with Crippen LogP contribution in [0.1, 0.15) is 11.1 Å². The number of amides is 1. The van der Waals surface area contributed by atoms with Gasteiger partial charge in [0.25, 0.3) is 0 Å². The first-order chi connectivity index (χ1) is 14.2. The molecule has 0 atom stereocenters. The van der Waals surface area contributed by atoms with E-state index in [1.807, 2.05) is 54.6 Å².